The number of aromatic nitrogens is 3. The van der Waals surface area contributed by atoms with Crippen LogP contribution in [0.5, 0.6) is 0 Å². The van der Waals surface area contributed by atoms with Gasteiger partial charge in [0.25, 0.3) is 5.56 Å². The first-order valence-electron chi connectivity index (χ1n) is 9.93. The Balaban J connectivity index is 1.83. The summed E-state index contributed by atoms with van der Waals surface area (Å²) < 4.78 is 4.86. The Morgan fingerprint density at radius 1 is 1.19 bits per heavy atom. The number of esters is 1. The Bertz CT molecular complexity index is 1390. The van der Waals surface area contributed by atoms with Gasteiger partial charge in [-0.25, -0.2) is 9.79 Å². The van der Waals surface area contributed by atoms with E-state index in [-0.39, 0.29) is 17.9 Å². The van der Waals surface area contributed by atoms with Crippen LogP contribution in [0, 0.1) is 0 Å². The maximum absolute atomic E-state index is 12.6. The molecule has 0 radical (unpaired) electrons. The van der Waals surface area contributed by atoms with E-state index in [4.69, 9.17) is 4.74 Å². The molecule has 0 saturated heterocycles. The lowest BCUT2D eigenvalue weighted by Crippen LogP contribution is -2.41. The van der Waals surface area contributed by atoms with E-state index < -0.39 is 12.0 Å². The number of aromatic amines is 2. The number of H-pyrrole nitrogens is 2. The molecule has 1 amide bonds. The van der Waals surface area contributed by atoms with Gasteiger partial charge in [0.1, 0.15) is 6.04 Å². The van der Waals surface area contributed by atoms with Crippen molar-refractivity contribution in [1.29, 1.82) is 0 Å². The fourth-order valence-corrected chi connectivity index (χ4v) is 3.66. The van der Waals surface area contributed by atoms with Crippen molar-refractivity contribution < 1.29 is 14.3 Å². The Morgan fingerprint density at radius 2 is 2.00 bits per heavy atom. The zero-order valence-corrected chi connectivity index (χ0v) is 17.5. The summed E-state index contributed by atoms with van der Waals surface area (Å²) in [6.07, 6.45) is 5.13. The van der Waals surface area contributed by atoms with Crippen molar-refractivity contribution in [2.75, 3.05) is 7.11 Å². The molecule has 0 fully saturated rings. The van der Waals surface area contributed by atoms with Crippen LogP contribution in [0.3, 0.4) is 0 Å². The topological polar surface area (TPSA) is 129 Å². The van der Waals surface area contributed by atoms with Gasteiger partial charge < -0.3 is 10.1 Å². The van der Waals surface area contributed by atoms with Crippen LogP contribution in [0.25, 0.3) is 22.9 Å². The monoisotopic (exact) mass is 431 g/mol. The third kappa shape index (κ3) is 4.13. The molecule has 1 aromatic carbocycles. The fraction of sp³-hybridized carbons (Fsp3) is 0.174. The molecule has 1 unspecified atom stereocenters. The minimum absolute atomic E-state index is 0.156. The zero-order valence-electron chi connectivity index (χ0n) is 17.5. The number of carbonyl (C=O) groups is 2. The molecule has 32 heavy (non-hydrogen) atoms. The Kier molecular flexibility index (Phi) is 5.80. The number of allylic oxidation sites excluding steroid dienone is 1. The number of rotatable bonds is 6. The summed E-state index contributed by atoms with van der Waals surface area (Å²) in [5, 5.41) is 9.67. The molecule has 0 aliphatic carbocycles. The molecule has 0 bridgehead atoms. The van der Waals surface area contributed by atoms with E-state index >= 15 is 0 Å². The van der Waals surface area contributed by atoms with E-state index in [0.717, 1.165) is 21.7 Å². The van der Waals surface area contributed by atoms with E-state index in [1.807, 2.05) is 30.3 Å². The van der Waals surface area contributed by atoms with E-state index in [1.165, 1.54) is 14.0 Å². The summed E-state index contributed by atoms with van der Waals surface area (Å²) >= 11 is 0. The number of fused-ring (bicyclic) bond motifs is 1. The number of benzene rings is 1. The highest BCUT2D eigenvalue weighted by Gasteiger charge is 2.26. The van der Waals surface area contributed by atoms with Crippen molar-refractivity contribution in [3.05, 3.63) is 81.0 Å². The molecule has 2 aromatic heterocycles. The molecule has 1 aliphatic heterocycles. The number of pyridine rings is 1. The van der Waals surface area contributed by atoms with Crippen LogP contribution >= 0.6 is 0 Å². The maximum atomic E-state index is 12.6. The van der Waals surface area contributed by atoms with Gasteiger partial charge in [-0.15, -0.1) is 0 Å². The molecule has 3 aromatic rings. The van der Waals surface area contributed by atoms with E-state index in [1.54, 1.807) is 24.5 Å². The molecular formula is C23H21N5O4. The van der Waals surface area contributed by atoms with Crippen molar-refractivity contribution >= 4 is 23.5 Å². The number of ether oxygens (including phenoxy) is 1. The van der Waals surface area contributed by atoms with E-state index in [0.29, 0.717) is 17.0 Å². The molecular weight excluding hydrogens is 410 g/mol. The lowest BCUT2D eigenvalue weighted by Gasteiger charge is -2.16. The molecule has 4 rings (SSSR count). The van der Waals surface area contributed by atoms with Crippen molar-refractivity contribution in [2.24, 2.45) is 4.99 Å². The number of nitrogens with one attached hydrogen (secondary N) is 3. The largest absolute Gasteiger partial charge is 0.467 e. The normalized spacial score (nSPS) is 14.6. The van der Waals surface area contributed by atoms with Gasteiger partial charge in [-0.05, 0) is 29.8 Å². The number of hydrogen-bond acceptors (Lipinski definition) is 6. The quantitative estimate of drug-likeness (QED) is 0.494. The number of carbonyl (C=O) groups excluding carboxylic acids is 2. The average molecular weight is 431 g/mol. The third-order valence-corrected chi connectivity index (χ3v) is 5.10. The van der Waals surface area contributed by atoms with Gasteiger partial charge in [-0.1, -0.05) is 18.2 Å². The van der Waals surface area contributed by atoms with Crippen LogP contribution in [0.2, 0.25) is 0 Å². The summed E-state index contributed by atoms with van der Waals surface area (Å²) in [5.74, 6) is -0.914. The summed E-state index contributed by atoms with van der Waals surface area (Å²) in [4.78, 5) is 45.3. The minimum atomic E-state index is -0.889. The smallest absolute Gasteiger partial charge is 0.328 e. The third-order valence-electron chi connectivity index (χ3n) is 5.10. The Labute approximate surface area is 182 Å². The van der Waals surface area contributed by atoms with Crippen LogP contribution in [0.15, 0.2) is 64.3 Å². The fourth-order valence-electron chi connectivity index (χ4n) is 3.66. The predicted octanol–water partition coefficient (Wildman–Crippen LogP) is 0.658. The van der Waals surface area contributed by atoms with Gasteiger partial charge in [0.2, 0.25) is 5.91 Å². The SMILES string of the molecule is COC(=O)C(CC1=c2ccccc2=N/C1=C/c1c(-c2cccnc2)[nH][nH]c1=O)NC(C)=O. The highest BCUT2D eigenvalue weighted by Crippen LogP contribution is 2.26. The molecule has 1 atom stereocenters. The highest BCUT2D eigenvalue weighted by atomic mass is 16.5. The summed E-state index contributed by atoms with van der Waals surface area (Å²) in [6.45, 7) is 1.34. The standard InChI is InChI=1S/C23H21N5O4/c1-13(29)25-20(23(31)32-2)10-16-15-7-3-4-8-18(15)26-19(16)11-17-21(27-28-22(17)30)14-6-5-9-24-12-14/h3-9,11-12,20H,10H2,1-2H3,(H,25,29)(H2,27,28,30)/b19-11+. The Hall–Kier alpha value is -4.27. The summed E-state index contributed by atoms with van der Waals surface area (Å²) in [5.41, 5.74) is 2.64. The van der Waals surface area contributed by atoms with Gasteiger partial charge in [-0.2, -0.15) is 0 Å². The highest BCUT2D eigenvalue weighted by molar-refractivity contribution is 5.87. The first kappa shape index (κ1) is 21.0. The first-order valence-corrected chi connectivity index (χ1v) is 9.93. The van der Waals surface area contributed by atoms with E-state index in [9.17, 15) is 14.4 Å². The lowest BCUT2D eigenvalue weighted by molar-refractivity contribution is -0.144. The molecule has 3 N–H and O–H groups in total. The van der Waals surface area contributed by atoms with Gasteiger partial charge >= 0.3 is 5.97 Å². The number of amides is 1. The minimum Gasteiger partial charge on any atom is -0.467 e. The lowest BCUT2D eigenvalue weighted by atomic mass is 9.99. The van der Waals surface area contributed by atoms with Gasteiger partial charge in [0.15, 0.2) is 0 Å². The summed E-state index contributed by atoms with van der Waals surface area (Å²) in [7, 11) is 1.27. The summed E-state index contributed by atoms with van der Waals surface area (Å²) in [6, 6.07) is 10.2. The van der Waals surface area contributed by atoms with Crippen LogP contribution in [0.4, 0.5) is 0 Å². The molecule has 9 heteroatoms. The molecule has 1 aliphatic rings. The van der Waals surface area contributed by atoms with Gasteiger partial charge in [0.05, 0.1) is 29.4 Å². The second-order valence-corrected chi connectivity index (χ2v) is 7.23. The number of hydrogen-bond donors (Lipinski definition) is 3. The molecule has 0 spiro atoms. The molecule has 9 nitrogen and oxygen atoms in total. The molecule has 162 valence electrons. The molecule has 0 saturated carbocycles. The molecule has 3 heterocycles. The average Bonchev–Trinajstić information content (AvgIpc) is 3.33. The van der Waals surface area contributed by atoms with Crippen molar-refractivity contribution in [3.63, 3.8) is 0 Å². The number of methoxy groups -OCH3 is 1. The first-order chi connectivity index (χ1) is 15.5. The zero-order chi connectivity index (χ0) is 22.7. The second kappa shape index (κ2) is 8.84. The van der Waals surface area contributed by atoms with Crippen molar-refractivity contribution in [2.45, 2.75) is 19.4 Å². The number of para-hydroxylation sites is 1. The van der Waals surface area contributed by atoms with Crippen molar-refractivity contribution in [3.8, 4) is 11.3 Å². The second-order valence-electron chi connectivity index (χ2n) is 7.23. The van der Waals surface area contributed by atoms with Crippen LogP contribution in [-0.4, -0.2) is 40.2 Å². The van der Waals surface area contributed by atoms with Crippen LogP contribution in [-0.2, 0) is 14.3 Å². The van der Waals surface area contributed by atoms with Gasteiger partial charge in [0, 0.05) is 36.5 Å². The van der Waals surface area contributed by atoms with Crippen LogP contribution < -0.4 is 21.5 Å². The van der Waals surface area contributed by atoms with Crippen LogP contribution in [0.1, 0.15) is 18.9 Å². The van der Waals surface area contributed by atoms with E-state index in [2.05, 4.69) is 25.5 Å². The Morgan fingerprint density at radius 3 is 2.72 bits per heavy atom. The predicted molar refractivity (Wildman–Crippen MR) is 117 cm³/mol. The maximum Gasteiger partial charge on any atom is 0.328 e. The number of nitrogens with zero attached hydrogens (tertiary/aromatic N) is 2. The van der Waals surface area contributed by atoms with Gasteiger partial charge in [-0.3, -0.25) is 24.8 Å². The van der Waals surface area contributed by atoms with Crippen molar-refractivity contribution in [1.82, 2.24) is 20.5 Å².